The zero-order valence-corrected chi connectivity index (χ0v) is 17.2. The summed E-state index contributed by atoms with van der Waals surface area (Å²) in [5.74, 6) is 0.745. The summed E-state index contributed by atoms with van der Waals surface area (Å²) < 4.78 is 12.1. The summed E-state index contributed by atoms with van der Waals surface area (Å²) in [5.41, 5.74) is 8.95. The van der Waals surface area contributed by atoms with Gasteiger partial charge in [-0.05, 0) is 48.7 Å². The minimum Gasteiger partial charge on any atom is -0.492 e. The van der Waals surface area contributed by atoms with E-state index in [1.807, 2.05) is 50.3 Å². The highest BCUT2D eigenvalue weighted by Crippen LogP contribution is 2.36. The molecule has 30 heavy (non-hydrogen) atoms. The summed E-state index contributed by atoms with van der Waals surface area (Å²) >= 11 is 0. The van der Waals surface area contributed by atoms with Gasteiger partial charge in [0.1, 0.15) is 17.6 Å². The first-order chi connectivity index (χ1) is 14.4. The molecule has 1 aliphatic rings. The number of carbonyl (C=O) groups is 2. The molecule has 5 heteroatoms. The largest absolute Gasteiger partial charge is 0.492 e. The van der Waals surface area contributed by atoms with Gasteiger partial charge in [0.05, 0.1) is 12.2 Å². The van der Waals surface area contributed by atoms with Crippen LogP contribution in [0.15, 0.2) is 72.9 Å². The topological polar surface area (TPSA) is 78.6 Å². The molecular weight excluding hydrogens is 378 g/mol. The number of benzene rings is 2. The molecular formula is C25H25NO4. The van der Waals surface area contributed by atoms with E-state index < -0.39 is 12.0 Å². The lowest BCUT2D eigenvalue weighted by Crippen LogP contribution is -2.17. The fraction of sp³-hybridized carbons (Fsp3) is 0.200. The number of primary amides is 1. The van der Waals surface area contributed by atoms with Crippen LogP contribution in [0.1, 0.15) is 51.3 Å². The number of nitrogens with two attached hydrogens (primary N) is 1. The molecule has 0 radical (unpaired) electrons. The number of aryl methyl sites for hydroxylation is 1. The SMILES string of the molecule is C=C/C=C(\C=C/C)C(Oc1cc2c(cc1C)C(=O)CCO2)c1ccc(C(N)=O)cc1. The summed E-state index contributed by atoms with van der Waals surface area (Å²) in [6.45, 7) is 7.99. The number of hydrogen-bond acceptors (Lipinski definition) is 4. The van der Waals surface area contributed by atoms with Crippen LogP contribution >= 0.6 is 0 Å². The van der Waals surface area contributed by atoms with Crippen LogP contribution in [0.25, 0.3) is 0 Å². The van der Waals surface area contributed by atoms with Crippen molar-refractivity contribution in [3.8, 4) is 11.5 Å². The fourth-order valence-corrected chi connectivity index (χ4v) is 3.36. The molecule has 2 aromatic rings. The summed E-state index contributed by atoms with van der Waals surface area (Å²) in [6.07, 6.45) is 7.37. The molecule has 1 aliphatic heterocycles. The third-order valence-corrected chi connectivity index (χ3v) is 4.88. The molecule has 1 unspecified atom stereocenters. The van der Waals surface area contributed by atoms with Crippen molar-refractivity contribution in [1.82, 2.24) is 0 Å². The molecule has 1 amide bonds. The Balaban J connectivity index is 2.05. The Kier molecular flexibility index (Phi) is 6.52. The van der Waals surface area contributed by atoms with Crippen molar-refractivity contribution >= 4 is 11.7 Å². The molecule has 1 atom stereocenters. The summed E-state index contributed by atoms with van der Waals surface area (Å²) in [6, 6.07) is 10.6. The number of amides is 1. The van der Waals surface area contributed by atoms with Crippen molar-refractivity contribution in [3.05, 3.63) is 95.1 Å². The Morgan fingerprint density at radius 1 is 1.27 bits per heavy atom. The number of ether oxygens (including phenoxy) is 2. The van der Waals surface area contributed by atoms with Crippen LogP contribution in [0.4, 0.5) is 0 Å². The van der Waals surface area contributed by atoms with Gasteiger partial charge in [0, 0.05) is 18.1 Å². The first kappa shape index (κ1) is 21.1. The number of fused-ring (bicyclic) bond motifs is 1. The number of Topliss-reactive ketones (excluding diaryl/α,β-unsaturated/α-hetero) is 1. The zero-order chi connectivity index (χ0) is 21.7. The minimum absolute atomic E-state index is 0.0747. The number of rotatable bonds is 7. The molecule has 0 bridgehead atoms. The number of ketones is 1. The first-order valence-electron chi connectivity index (χ1n) is 9.77. The number of allylic oxidation sites excluding steroid dienone is 3. The molecule has 5 nitrogen and oxygen atoms in total. The molecule has 2 N–H and O–H groups in total. The van der Waals surface area contributed by atoms with Gasteiger partial charge >= 0.3 is 0 Å². The normalized spacial score (nSPS) is 14.7. The Bertz CT molecular complexity index is 1030. The van der Waals surface area contributed by atoms with Crippen LogP contribution in [0.3, 0.4) is 0 Å². The summed E-state index contributed by atoms with van der Waals surface area (Å²) in [7, 11) is 0. The Morgan fingerprint density at radius 3 is 2.63 bits per heavy atom. The molecule has 3 rings (SSSR count). The molecule has 154 valence electrons. The molecule has 0 spiro atoms. The lowest BCUT2D eigenvalue weighted by atomic mass is 9.98. The molecule has 0 fully saturated rings. The van der Waals surface area contributed by atoms with Crippen molar-refractivity contribution in [2.24, 2.45) is 5.73 Å². The van der Waals surface area contributed by atoms with Crippen LogP contribution in [0.2, 0.25) is 0 Å². The third kappa shape index (κ3) is 4.51. The van der Waals surface area contributed by atoms with E-state index in [-0.39, 0.29) is 5.78 Å². The highest BCUT2D eigenvalue weighted by atomic mass is 16.5. The van der Waals surface area contributed by atoms with Gasteiger partial charge in [0.25, 0.3) is 0 Å². The maximum atomic E-state index is 12.2. The van der Waals surface area contributed by atoms with Gasteiger partial charge in [0.2, 0.25) is 5.91 Å². The summed E-state index contributed by atoms with van der Waals surface area (Å²) in [4.78, 5) is 23.6. The number of carbonyl (C=O) groups excluding carboxylic acids is 2. The maximum absolute atomic E-state index is 12.2. The average Bonchev–Trinajstić information content (AvgIpc) is 2.73. The van der Waals surface area contributed by atoms with Gasteiger partial charge in [-0.15, -0.1) is 0 Å². The minimum atomic E-state index is -0.485. The Morgan fingerprint density at radius 2 is 2.00 bits per heavy atom. The third-order valence-electron chi connectivity index (χ3n) is 4.88. The molecule has 0 saturated heterocycles. The quantitative estimate of drug-likeness (QED) is 0.669. The highest BCUT2D eigenvalue weighted by molar-refractivity contribution is 6.00. The van der Waals surface area contributed by atoms with Crippen LogP contribution in [0.5, 0.6) is 11.5 Å². The Labute approximate surface area is 176 Å². The van der Waals surface area contributed by atoms with Gasteiger partial charge in [-0.2, -0.15) is 0 Å². The van der Waals surface area contributed by atoms with Crippen LogP contribution in [-0.4, -0.2) is 18.3 Å². The second kappa shape index (κ2) is 9.27. The van der Waals surface area contributed by atoms with E-state index in [1.54, 1.807) is 24.3 Å². The van der Waals surface area contributed by atoms with Crippen molar-refractivity contribution in [3.63, 3.8) is 0 Å². The molecule has 2 aromatic carbocycles. The predicted molar refractivity (Wildman–Crippen MR) is 117 cm³/mol. The zero-order valence-electron chi connectivity index (χ0n) is 17.2. The lowest BCUT2D eigenvalue weighted by molar-refractivity contribution is 0.0931. The van der Waals surface area contributed by atoms with E-state index in [1.165, 1.54) is 0 Å². The lowest BCUT2D eigenvalue weighted by Gasteiger charge is -2.24. The number of hydrogen-bond donors (Lipinski definition) is 1. The second-order valence-corrected chi connectivity index (χ2v) is 7.02. The standard InChI is InChI=1S/C25H25NO4/c1-4-6-17(7-5-2)24(18-8-10-19(11-9-18)25(26)28)30-22-15-23-20(14-16(22)3)21(27)12-13-29-23/h4-11,14-15,24H,1,12-13H2,2-3H3,(H2,26,28)/b7-5-,17-6+. The van der Waals surface area contributed by atoms with E-state index in [0.717, 1.165) is 16.7 Å². The first-order valence-corrected chi connectivity index (χ1v) is 9.77. The maximum Gasteiger partial charge on any atom is 0.248 e. The predicted octanol–water partition coefficient (Wildman–Crippen LogP) is 4.87. The van der Waals surface area contributed by atoms with Gasteiger partial charge < -0.3 is 15.2 Å². The molecule has 1 heterocycles. The van der Waals surface area contributed by atoms with Crippen LogP contribution in [-0.2, 0) is 0 Å². The van der Waals surface area contributed by atoms with Gasteiger partial charge in [-0.25, -0.2) is 0 Å². The van der Waals surface area contributed by atoms with Gasteiger partial charge in [0.15, 0.2) is 5.78 Å². The Hall–Kier alpha value is -3.60. The van der Waals surface area contributed by atoms with E-state index in [2.05, 4.69) is 6.58 Å². The van der Waals surface area contributed by atoms with E-state index >= 15 is 0 Å². The molecule has 0 aromatic heterocycles. The average molecular weight is 403 g/mol. The van der Waals surface area contributed by atoms with E-state index in [4.69, 9.17) is 15.2 Å². The van der Waals surface area contributed by atoms with Crippen LogP contribution in [0, 0.1) is 6.92 Å². The van der Waals surface area contributed by atoms with Crippen LogP contribution < -0.4 is 15.2 Å². The fourth-order valence-electron chi connectivity index (χ4n) is 3.36. The monoisotopic (exact) mass is 403 g/mol. The van der Waals surface area contributed by atoms with Gasteiger partial charge in [-0.1, -0.05) is 43.0 Å². The van der Waals surface area contributed by atoms with Crippen molar-refractivity contribution in [2.45, 2.75) is 26.4 Å². The molecule has 0 aliphatic carbocycles. The van der Waals surface area contributed by atoms with Crippen molar-refractivity contribution in [1.29, 1.82) is 0 Å². The highest BCUT2D eigenvalue weighted by Gasteiger charge is 2.23. The van der Waals surface area contributed by atoms with Gasteiger partial charge in [-0.3, -0.25) is 9.59 Å². The van der Waals surface area contributed by atoms with Crippen molar-refractivity contribution < 1.29 is 19.1 Å². The molecule has 0 saturated carbocycles. The van der Waals surface area contributed by atoms with Crippen molar-refractivity contribution in [2.75, 3.05) is 6.61 Å². The summed E-state index contributed by atoms with van der Waals surface area (Å²) in [5, 5.41) is 0. The van der Waals surface area contributed by atoms with E-state index in [0.29, 0.717) is 35.7 Å². The second-order valence-electron chi connectivity index (χ2n) is 7.02. The van der Waals surface area contributed by atoms with E-state index in [9.17, 15) is 9.59 Å². The smallest absolute Gasteiger partial charge is 0.248 e.